The summed E-state index contributed by atoms with van der Waals surface area (Å²) >= 11 is 12.1. The van der Waals surface area contributed by atoms with Gasteiger partial charge in [0.1, 0.15) is 11.9 Å². The van der Waals surface area contributed by atoms with Gasteiger partial charge < -0.3 is 10.6 Å². The third-order valence-electron chi connectivity index (χ3n) is 2.78. The summed E-state index contributed by atoms with van der Waals surface area (Å²) in [5, 5.41) is 1.08. The van der Waals surface area contributed by atoms with Crippen LogP contribution in [0, 0.1) is 0 Å². The molecule has 96 valence electrons. The van der Waals surface area contributed by atoms with Crippen LogP contribution in [0.25, 0.3) is 0 Å². The lowest BCUT2D eigenvalue weighted by Gasteiger charge is -2.24. The highest BCUT2D eigenvalue weighted by atomic mass is 35.5. The second-order valence-corrected chi connectivity index (χ2v) is 4.92. The number of urea groups is 1. The fourth-order valence-corrected chi connectivity index (χ4v) is 2.42. The van der Waals surface area contributed by atoms with Crippen molar-refractivity contribution in [3.8, 4) is 0 Å². The van der Waals surface area contributed by atoms with Gasteiger partial charge in [-0.15, -0.1) is 0 Å². The molecule has 0 spiro atoms. The van der Waals surface area contributed by atoms with E-state index in [1.807, 2.05) is 6.92 Å². The SMILES string of the molecule is CCCN1C(=O)N=C(N)C1c1cc(Cl)ccc1Cl. The second-order valence-electron chi connectivity index (χ2n) is 4.08. The number of nitrogens with two attached hydrogens (primary N) is 1. The van der Waals surface area contributed by atoms with Crippen LogP contribution in [0.5, 0.6) is 0 Å². The number of hydrogen-bond acceptors (Lipinski definition) is 2. The molecule has 0 fully saturated rings. The fourth-order valence-electron chi connectivity index (χ4n) is 2.02. The Labute approximate surface area is 115 Å². The van der Waals surface area contributed by atoms with Gasteiger partial charge in [0.15, 0.2) is 0 Å². The molecule has 0 saturated heterocycles. The topological polar surface area (TPSA) is 58.7 Å². The molecule has 0 aromatic heterocycles. The minimum absolute atomic E-state index is 0.262. The largest absolute Gasteiger partial charge is 0.385 e. The first-order chi connectivity index (χ1) is 8.54. The molecular formula is C12H13Cl2N3O. The maximum atomic E-state index is 11.7. The lowest BCUT2D eigenvalue weighted by Crippen LogP contribution is -2.34. The van der Waals surface area contributed by atoms with Gasteiger partial charge in [0.2, 0.25) is 0 Å². The molecule has 1 heterocycles. The number of carbonyl (C=O) groups is 1. The lowest BCUT2D eigenvalue weighted by molar-refractivity contribution is 0.206. The summed E-state index contributed by atoms with van der Waals surface area (Å²) in [7, 11) is 0. The highest BCUT2D eigenvalue weighted by Crippen LogP contribution is 2.33. The van der Waals surface area contributed by atoms with Crippen molar-refractivity contribution in [2.45, 2.75) is 19.4 Å². The molecule has 2 amide bonds. The minimum Gasteiger partial charge on any atom is -0.385 e. The van der Waals surface area contributed by atoms with Crippen molar-refractivity contribution in [2.24, 2.45) is 10.7 Å². The second kappa shape index (κ2) is 5.16. The van der Waals surface area contributed by atoms with Gasteiger partial charge in [-0.2, -0.15) is 4.99 Å². The van der Waals surface area contributed by atoms with Crippen LogP contribution in [0.3, 0.4) is 0 Å². The summed E-state index contributed by atoms with van der Waals surface area (Å²) in [4.78, 5) is 17.1. The van der Waals surface area contributed by atoms with Crippen molar-refractivity contribution in [1.82, 2.24) is 4.90 Å². The Bertz CT molecular complexity index is 516. The van der Waals surface area contributed by atoms with Crippen molar-refractivity contribution in [1.29, 1.82) is 0 Å². The summed E-state index contributed by atoms with van der Waals surface area (Å²) in [6.07, 6.45) is 0.823. The van der Waals surface area contributed by atoms with Crippen LogP contribution in [-0.2, 0) is 0 Å². The molecule has 1 aromatic carbocycles. The van der Waals surface area contributed by atoms with Crippen molar-refractivity contribution in [3.63, 3.8) is 0 Å². The first kappa shape index (κ1) is 13.2. The Balaban J connectivity index is 2.44. The van der Waals surface area contributed by atoms with Crippen molar-refractivity contribution in [2.75, 3.05) is 6.54 Å². The number of rotatable bonds is 3. The number of amidine groups is 1. The van der Waals surface area contributed by atoms with Gasteiger partial charge in [0.25, 0.3) is 0 Å². The van der Waals surface area contributed by atoms with E-state index >= 15 is 0 Å². The summed E-state index contributed by atoms with van der Waals surface area (Å²) in [5.74, 6) is 0.262. The predicted octanol–water partition coefficient (Wildman–Crippen LogP) is 3.24. The molecule has 0 saturated carbocycles. The normalized spacial score (nSPS) is 19.3. The average molecular weight is 286 g/mol. The highest BCUT2D eigenvalue weighted by molar-refractivity contribution is 6.34. The van der Waals surface area contributed by atoms with E-state index in [4.69, 9.17) is 28.9 Å². The van der Waals surface area contributed by atoms with E-state index in [-0.39, 0.29) is 11.9 Å². The molecule has 18 heavy (non-hydrogen) atoms. The third-order valence-corrected chi connectivity index (χ3v) is 3.36. The Morgan fingerprint density at radius 2 is 2.17 bits per heavy atom. The Kier molecular flexibility index (Phi) is 3.78. The van der Waals surface area contributed by atoms with Gasteiger partial charge in [-0.05, 0) is 24.6 Å². The van der Waals surface area contributed by atoms with Crippen LogP contribution in [0.2, 0.25) is 10.0 Å². The molecule has 0 aliphatic carbocycles. The van der Waals surface area contributed by atoms with Crippen molar-refractivity contribution >= 4 is 35.1 Å². The zero-order valence-electron chi connectivity index (χ0n) is 9.86. The van der Waals surface area contributed by atoms with Gasteiger partial charge in [0, 0.05) is 22.2 Å². The van der Waals surface area contributed by atoms with Crippen LogP contribution in [0.4, 0.5) is 4.79 Å². The predicted molar refractivity (Wildman–Crippen MR) is 73.2 cm³/mol. The number of carbonyl (C=O) groups excluding carboxylic acids is 1. The van der Waals surface area contributed by atoms with Gasteiger partial charge in [0.05, 0.1) is 0 Å². The van der Waals surface area contributed by atoms with Gasteiger partial charge >= 0.3 is 6.03 Å². The van der Waals surface area contributed by atoms with Gasteiger partial charge in [-0.25, -0.2) is 4.79 Å². The molecule has 0 radical (unpaired) electrons. The van der Waals surface area contributed by atoms with Crippen LogP contribution in [0.15, 0.2) is 23.2 Å². The van der Waals surface area contributed by atoms with Gasteiger partial charge in [-0.3, -0.25) is 0 Å². The Hall–Kier alpha value is -1.26. The number of nitrogens with zero attached hydrogens (tertiary/aromatic N) is 2. The average Bonchev–Trinajstić information content (AvgIpc) is 2.58. The molecule has 2 N–H and O–H groups in total. The van der Waals surface area contributed by atoms with Crippen molar-refractivity contribution < 1.29 is 4.79 Å². The van der Waals surface area contributed by atoms with E-state index in [2.05, 4.69) is 4.99 Å². The first-order valence-corrected chi connectivity index (χ1v) is 6.39. The molecule has 0 bridgehead atoms. The smallest absolute Gasteiger partial charge is 0.346 e. The van der Waals surface area contributed by atoms with E-state index in [0.717, 1.165) is 6.42 Å². The van der Waals surface area contributed by atoms with E-state index < -0.39 is 6.04 Å². The number of halogens is 2. The molecule has 1 unspecified atom stereocenters. The van der Waals surface area contributed by atoms with E-state index in [1.165, 1.54) is 0 Å². The van der Waals surface area contributed by atoms with Crippen LogP contribution in [0.1, 0.15) is 24.9 Å². The van der Waals surface area contributed by atoms with E-state index in [1.54, 1.807) is 23.1 Å². The van der Waals surface area contributed by atoms with Crippen LogP contribution >= 0.6 is 23.2 Å². The maximum absolute atomic E-state index is 11.7. The highest BCUT2D eigenvalue weighted by Gasteiger charge is 2.35. The number of aliphatic imine (C=N–C) groups is 1. The lowest BCUT2D eigenvalue weighted by atomic mass is 10.1. The Morgan fingerprint density at radius 1 is 1.44 bits per heavy atom. The third kappa shape index (κ3) is 2.31. The quantitative estimate of drug-likeness (QED) is 0.927. The molecule has 1 aliphatic heterocycles. The maximum Gasteiger partial charge on any atom is 0.346 e. The van der Waals surface area contributed by atoms with Crippen molar-refractivity contribution in [3.05, 3.63) is 33.8 Å². The monoisotopic (exact) mass is 285 g/mol. The van der Waals surface area contributed by atoms with Gasteiger partial charge in [-0.1, -0.05) is 30.1 Å². The summed E-state index contributed by atoms with van der Waals surface area (Å²) in [5.41, 5.74) is 6.54. The molecule has 1 aromatic rings. The summed E-state index contributed by atoms with van der Waals surface area (Å²) in [6.45, 7) is 2.56. The minimum atomic E-state index is -0.413. The zero-order chi connectivity index (χ0) is 13.3. The summed E-state index contributed by atoms with van der Waals surface area (Å²) < 4.78 is 0. The Morgan fingerprint density at radius 3 is 2.83 bits per heavy atom. The molecular weight excluding hydrogens is 273 g/mol. The molecule has 1 aliphatic rings. The van der Waals surface area contributed by atoms with E-state index in [9.17, 15) is 4.79 Å². The fraction of sp³-hybridized carbons (Fsp3) is 0.333. The zero-order valence-corrected chi connectivity index (χ0v) is 11.4. The van der Waals surface area contributed by atoms with E-state index in [0.29, 0.717) is 22.2 Å². The number of hydrogen-bond donors (Lipinski definition) is 1. The molecule has 4 nitrogen and oxygen atoms in total. The molecule has 2 rings (SSSR count). The number of benzene rings is 1. The standard InChI is InChI=1S/C12H13Cl2N3O/c1-2-5-17-10(11(15)16-12(17)18)8-6-7(13)3-4-9(8)14/h3-4,6,10H,2,5H2,1H3,(H2,15,16,18). The molecule has 1 atom stereocenters. The van der Waals surface area contributed by atoms with Crippen LogP contribution < -0.4 is 5.73 Å². The summed E-state index contributed by atoms with van der Waals surface area (Å²) in [6, 6.07) is 4.37. The molecule has 6 heteroatoms. The first-order valence-electron chi connectivity index (χ1n) is 5.64. The number of amides is 2. The van der Waals surface area contributed by atoms with Crippen LogP contribution in [-0.4, -0.2) is 23.3 Å².